The zero-order valence-electron chi connectivity index (χ0n) is 18.2. The van der Waals surface area contributed by atoms with E-state index >= 15 is 0 Å². The normalized spacial score (nSPS) is 12.9. The summed E-state index contributed by atoms with van der Waals surface area (Å²) in [5.41, 5.74) is 2.75. The molecule has 3 aromatic rings. The van der Waals surface area contributed by atoms with Crippen molar-refractivity contribution in [1.29, 1.82) is 0 Å². The maximum atomic E-state index is 12.3. The SMILES string of the molecule is COc1ccc(-c2c([C@H](OC(C)(C)C)C(=O)O)c(C)nc3sc(C)cc23)c(Cl)c1C. The van der Waals surface area contributed by atoms with Gasteiger partial charge in [-0.1, -0.05) is 11.6 Å². The number of thiophene rings is 1. The molecule has 2 aromatic heterocycles. The Morgan fingerprint density at radius 3 is 2.47 bits per heavy atom. The van der Waals surface area contributed by atoms with Crippen molar-refractivity contribution in [3.63, 3.8) is 0 Å². The van der Waals surface area contributed by atoms with Crippen LogP contribution in [0.25, 0.3) is 21.3 Å². The lowest BCUT2D eigenvalue weighted by molar-refractivity contribution is -0.160. The van der Waals surface area contributed by atoms with Gasteiger partial charge in [-0.3, -0.25) is 0 Å². The topological polar surface area (TPSA) is 68.7 Å². The third-order valence-electron chi connectivity index (χ3n) is 4.82. The van der Waals surface area contributed by atoms with Gasteiger partial charge < -0.3 is 14.6 Å². The maximum absolute atomic E-state index is 12.3. The number of benzene rings is 1. The molecular formula is C23H26ClNO4S. The van der Waals surface area contributed by atoms with E-state index in [2.05, 4.69) is 0 Å². The maximum Gasteiger partial charge on any atom is 0.337 e. The van der Waals surface area contributed by atoms with Crippen molar-refractivity contribution < 1.29 is 19.4 Å². The van der Waals surface area contributed by atoms with E-state index in [9.17, 15) is 9.90 Å². The summed E-state index contributed by atoms with van der Waals surface area (Å²) in [6.07, 6.45) is -1.18. The number of methoxy groups -OCH3 is 1. The van der Waals surface area contributed by atoms with Gasteiger partial charge in [0, 0.05) is 38.2 Å². The fourth-order valence-electron chi connectivity index (χ4n) is 3.58. The van der Waals surface area contributed by atoms with Crippen LogP contribution in [0.5, 0.6) is 5.75 Å². The lowest BCUT2D eigenvalue weighted by Crippen LogP contribution is -2.28. The zero-order chi connectivity index (χ0) is 22.4. The first kappa shape index (κ1) is 22.5. The number of carboxylic acid groups (broad SMARTS) is 1. The summed E-state index contributed by atoms with van der Waals surface area (Å²) >= 11 is 8.34. The first-order valence-corrected chi connectivity index (χ1v) is 10.8. The average Bonchev–Trinajstić information content (AvgIpc) is 3.00. The van der Waals surface area contributed by atoms with E-state index < -0.39 is 17.7 Å². The monoisotopic (exact) mass is 447 g/mol. The summed E-state index contributed by atoms with van der Waals surface area (Å²) in [4.78, 5) is 18.9. The molecule has 1 N–H and O–H groups in total. The Labute approximate surface area is 185 Å². The highest BCUT2D eigenvalue weighted by Crippen LogP contribution is 2.45. The highest BCUT2D eigenvalue weighted by Gasteiger charge is 2.33. The van der Waals surface area contributed by atoms with Crippen LogP contribution in [0.1, 0.15) is 48.6 Å². The van der Waals surface area contributed by atoms with Crippen molar-refractivity contribution in [2.45, 2.75) is 53.2 Å². The van der Waals surface area contributed by atoms with Gasteiger partial charge >= 0.3 is 5.97 Å². The van der Waals surface area contributed by atoms with Gasteiger partial charge in [0.25, 0.3) is 0 Å². The minimum atomic E-state index is -1.18. The van der Waals surface area contributed by atoms with Gasteiger partial charge in [0.05, 0.1) is 17.7 Å². The van der Waals surface area contributed by atoms with Crippen LogP contribution in [-0.4, -0.2) is 28.8 Å². The second-order valence-corrected chi connectivity index (χ2v) is 9.88. The number of nitrogens with zero attached hydrogens (tertiary/aromatic N) is 1. The Kier molecular flexibility index (Phi) is 6.14. The van der Waals surface area contributed by atoms with Crippen molar-refractivity contribution in [2.75, 3.05) is 7.11 Å². The second kappa shape index (κ2) is 8.17. The Morgan fingerprint density at radius 2 is 1.90 bits per heavy atom. The van der Waals surface area contributed by atoms with Crippen LogP contribution >= 0.6 is 22.9 Å². The number of carbonyl (C=O) groups is 1. The number of aromatic nitrogens is 1. The standard InChI is InChI=1S/C23H26ClNO4S/c1-11-10-15-18(14-8-9-16(28-7)12(2)19(14)24)17(13(3)25-21(15)30-11)20(22(26)27)29-23(4,5)6/h8-10,20H,1-7H3,(H,26,27)/t20-/m0/s1. The molecule has 30 heavy (non-hydrogen) atoms. The Hall–Kier alpha value is -2.15. The molecule has 1 atom stereocenters. The molecule has 0 radical (unpaired) electrons. The summed E-state index contributed by atoms with van der Waals surface area (Å²) < 4.78 is 11.4. The summed E-state index contributed by atoms with van der Waals surface area (Å²) in [6, 6.07) is 5.74. The second-order valence-electron chi connectivity index (χ2n) is 8.26. The van der Waals surface area contributed by atoms with Crippen LogP contribution in [-0.2, 0) is 9.53 Å². The molecule has 2 heterocycles. The molecule has 1 aromatic carbocycles. The predicted molar refractivity (Wildman–Crippen MR) is 122 cm³/mol. The molecule has 3 rings (SSSR count). The number of hydrogen-bond donors (Lipinski definition) is 1. The first-order chi connectivity index (χ1) is 13.9. The smallest absolute Gasteiger partial charge is 0.337 e. The largest absolute Gasteiger partial charge is 0.496 e. The third kappa shape index (κ3) is 4.17. The molecule has 0 saturated heterocycles. The van der Waals surface area contributed by atoms with Gasteiger partial charge in [-0.2, -0.15) is 0 Å². The summed E-state index contributed by atoms with van der Waals surface area (Å²) in [5.74, 6) is -0.390. The molecule has 0 aliphatic heterocycles. The van der Waals surface area contributed by atoms with Gasteiger partial charge in [-0.05, 0) is 59.7 Å². The number of halogens is 1. The lowest BCUT2D eigenvalue weighted by atomic mass is 9.91. The van der Waals surface area contributed by atoms with Gasteiger partial charge in [0.1, 0.15) is 10.6 Å². The molecule has 7 heteroatoms. The van der Waals surface area contributed by atoms with Crippen molar-refractivity contribution in [1.82, 2.24) is 4.98 Å². The van der Waals surface area contributed by atoms with Crippen LogP contribution in [0.3, 0.4) is 0 Å². The Bertz CT molecular complexity index is 1130. The lowest BCUT2D eigenvalue weighted by Gasteiger charge is -2.28. The first-order valence-electron chi connectivity index (χ1n) is 9.59. The van der Waals surface area contributed by atoms with Crippen molar-refractivity contribution in [3.8, 4) is 16.9 Å². The van der Waals surface area contributed by atoms with Crippen molar-refractivity contribution in [3.05, 3.63) is 44.9 Å². The summed E-state index contributed by atoms with van der Waals surface area (Å²) in [5, 5.41) is 11.5. The van der Waals surface area contributed by atoms with Crippen LogP contribution in [0.2, 0.25) is 5.02 Å². The molecule has 0 unspecified atom stereocenters. The minimum absolute atomic E-state index is 0.520. The average molecular weight is 448 g/mol. The minimum Gasteiger partial charge on any atom is -0.496 e. The summed E-state index contributed by atoms with van der Waals surface area (Å²) in [6.45, 7) is 11.2. The van der Waals surface area contributed by atoms with Gasteiger partial charge in [0.2, 0.25) is 0 Å². The molecule has 0 bridgehead atoms. The van der Waals surface area contributed by atoms with Crippen molar-refractivity contribution in [2.24, 2.45) is 0 Å². The molecular weight excluding hydrogens is 422 g/mol. The van der Waals surface area contributed by atoms with Gasteiger partial charge in [0.15, 0.2) is 6.10 Å². The quantitative estimate of drug-likeness (QED) is 0.484. The molecule has 0 fully saturated rings. The Balaban J connectivity index is 2.43. The molecule has 0 aliphatic rings. The fraction of sp³-hybridized carbons (Fsp3) is 0.391. The number of pyridine rings is 1. The van der Waals surface area contributed by atoms with Gasteiger partial charge in [-0.25, -0.2) is 9.78 Å². The zero-order valence-corrected chi connectivity index (χ0v) is 19.8. The van der Waals surface area contributed by atoms with E-state index in [0.29, 0.717) is 22.0 Å². The van der Waals surface area contributed by atoms with E-state index in [0.717, 1.165) is 31.8 Å². The highest BCUT2D eigenvalue weighted by molar-refractivity contribution is 7.18. The number of rotatable bonds is 5. The molecule has 160 valence electrons. The third-order valence-corrected chi connectivity index (χ3v) is 6.25. The molecule has 0 saturated carbocycles. The number of hydrogen-bond acceptors (Lipinski definition) is 5. The van der Waals surface area contributed by atoms with E-state index in [1.807, 2.05) is 59.7 Å². The van der Waals surface area contributed by atoms with E-state index in [1.165, 1.54) is 0 Å². The number of carboxylic acids is 1. The van der Waals surface area contributed by atoms with Crippen LogP contribution in [0.15, 0.2) is 18.2 Å². The number of fused-ring (bicyclic) bond motifs is 1. The predicted octanol–water partition coefficient (Wildman–Crippen LogP) is 6.49. The number of aliphatic carboxylic acids is 1. The summed E-state index contributed by atoms with van der Waals surface area (Å²) in [7, 11) is 1.60. The molecule has 0 aliphatic carbocycles. The van der Waals surface area contributed by atoms with E-state index in [-0.39, 0.29) is 0 Å². The Morgan fingerprint density at radius 1 is 1.23 bits per heavy atom. The van der Waals surface area contributed by atoms with Crippen LogP contribution in [0.4, 0.5) is 0 Å². The fourth-order valence-corrected chi connectivity index (χ4v) is 4.77. The van der Waals surface area contributed by atoms with Crippen molar-refractivity contribution >= 4 is 39.1 Å². The molecule has 5 nitrogen and oxygen atoms in total. The van der Waals surface area contributed by atoms with Crippen LogP contribution < -0.4 is 4.74 Å². The van der Waals surface area contributed by atoms with Gasteiger partial charge in [-0.15, -0.1) is 11.3 Å². The molecule has 0 spiro atoms. The molecule has 0 amide bonds. The van der Waals surface area contributed by atoms with E-state index in [1.54, 1.807) is 18.4 Å². The van der Waals surface area contributed by atoms with E-state index in [4.69, 9.17) is 26.1 Å². The number of aryl methyl sites for hydroxylation is 2. The highest BCUT2D eigenvalue weighted by atomic mass is 35.5. The van der Waals surface area contributed by atoms with Crippen LogP contribution in [0, 0.1) is 20.8 Å². The number of ether oxygens (including phenoxy) is 2.